The zero-order valence-corrected chi connectivity index (χ0v) is 14.9. The van der Waals surface area contributed by atoms with Gasteiger partial charge >= 0.3 is 0 Å². The number of carbonyl (C=O) groups is 1. The van der Waals surface area contributed by atoms with E-state index in [-0.39, 0.29) is 11.3 Å². The Morgan fingerprint density at radius 1 is 1.32 bits per heavy atom. The van der Waals surface area contributed by atoms with Gasteiger partial charge in [-0.3, -0.25) is 4.79 Å². The quantitative estimate of drug-likeness (QED) is 0.701. The van der Waals surface area contributed by atoms with Gasteiger partial charge in [0.2, 0.25) is 0 Å². The van der Waals surface area contributed by atoms with Crippen molar-refractivity contribution >= 4 is 37.8 Å². The Morgan fingerprint density at radius 3 is 2.47 bits per heavy atom. The first-order valence-corrected chi connectivity index (χ1v) is 8.49. The van der Waals surface area contributed by atoms with E-state index in [1.165, 1.54) is 0 Å². The number of carbonyl (C=O) groups excluding carboxylic acids is 1. The van der Waals surface area contributed by atoms with Crippen molar-refractivity contribution in [2.45, 2.75) is 33.6 Å². The Bertz CT molecular complexity index is 434. The van der Waals surface area contributed by atoms with E-state index in [4.69, 9.17) is 0 Å². The third kappa shape index (κ3) is 4.32. The highest BCUT2D eigenvalue weighted by Crippen LogP contribution is 2.28. The standard InChI is InChI=1S/C15H21Br2NO/c1-4-15(5-2,9-16)10-18-14(19)12-8-11(3)6-7-13(12)17/h6-8H,4-5,9-10H2,1-3H3,(H,18,19). The summed E-state index contributed by atoms with van der Waals surface area (Å²) in [6.07, 6.45) is 2.09. The molecule has 1 rings (SSSR count). The van der Waals surface area contributed by atoms with Crippen molar-refractivity contribution in [3.63, 3.8) is 0 Å². The molecule has 1 amide bonds. The lowest BCUT2D eigenvalue weighted by Gasteiger charge is -2.29. The number of alkyl halides is 1. The summed E-state index contributed by atoms with van der Waals surface area (Å²) >= 11 is 7.00. The van der Waals surface area contributed by atoms with Crippen molar-refractivity contribution < 1.29 is 4.79 Å². The van der Waals surface area contributed by atoms with Crippen LogP contribution in [0.3, 0.4) is 0 Å². The second kappa shape index (κ2) is 7.44. The van der Waals surface area contributed by atoms with Gasteiger partial charge in [-0.15, -0.1) is 0 Å². The molecule has 1 aromatic rings. The van der Waals surface area contributed by atoms with Crippen molar-refractivity contribution in [1.29, 1.82) is 0 Å². The van der Waals surface area contributed by atoms with Gasteiger partial charge in [0.15, 0.2) is 0 Å². The second-order valence-electron chi connectivity index (χ2n) is 5.01. The largest absolute Gasteiger partial charge is 0.351 e. The summed E-state index contributed by atoms with van der Waals surface area (Å²) in [5.41, 5.74) is 1.94. The monoisotopic (exact) mass is 389 g/mol. The molecule has 2 nitrogen and oxygen atoms in total. The average molecular weight is 391 g/mol. The predicted octanol–water partition coefficient (Wildman–Crippen LogP) is 4.69. The summed E-state index contributed by atoms with van der Waals surface area (Å²) in [6, 6.07) is 5.82. The van der Waals surface area contributed by atoms with Crippen LogP contribution < -0.4 is 5.32 Å². The van der Waals surface area contributed by atoms with Crippen molar-refractivity contribution in [3.8, 4) is 0 Å². The molecule has 106 valence electrons. The molecule has 0 spiro atoms. The number of nitrogens with one attached hydrogen (secondary N) is 1. The van der Waals surface area contributed by atoms with Crippen LogP contribution in [-0.4, -0.2) is 17.8 Å². The van der Waals surface area contributed by atoms with Crippen LogP contribution in [0.25, 0.3) is 0 Å². The molecule has 1 aromatic carbocycles. The van der Waals surface area contributed by atoms with Gasteiger partial charge in [0.1, 0.15) is 0 Å². The first-order chi connectivity index (χ1) is 8.98. The van der Waals surface area contributed by atoms with Gasteiger partial charge in [0, 0.05) is 16.3 Å². The molecule has 1 N–H and O–H groups in total. The Balaban J connectivity index is 2.77. The molecule has 0 unspecified atom stereocenters. The third-order valence-electron chi connectivity index (χ3n) is 3.77. The second-order valence-corrected chi connectivity index (χ2v) is 6.42. The minimum atomic E-state index is -0.0113. The predicted molar refractivity (Wildman–Crippen MR) is 88.0 cm³/mol. The van der Waals surface area contributed by atoms with Gasteiger partial charge in [-0.2, -0.15) is 0 Å². The molecule has 19 heavy (non-hydrogen) atoms. The molecule has 0 fully saturated rings. The highest BCUT2D eigenvalue weighted by Gasteiger charge is 2.25. The normalized spacial score (nSPS) is 11.4. The number of hydrogen-bond acceptors (Lipinski definition) is 1. The van der Waals surface area contributed by atoms with Gasteiger partial charge < -0.3 is 5.32 Å². The number of amides is 1. The minimum Gasteiger partial charge on any atom is -0.351 e. The smallest absolute Gasteiger partial charge is 0.252 e. The van der Waals surface area contributed by atoms with E-state index < -0.39 is 0 Å². The SMILES string of the molecule is CCC(CC)(CBr)CNC(=O)c1cc(C)ccc1Br. The van der Waals surface area contributed by atoms with Crippen LogP contribution in [0.5, 0.6) is 0 Å². The average Bonchev–Trinajstić information content (AvgIpc) is 2.43. The van der Waals surface area contributed by atoms with Gasteiger partial charge in [-0.25, -0.2) is 0 Å². The van der Waals surface area contributed by atoms with Crippen LogP contribution in [0, 0.1) is 12.3 Å². The summed E-state index contributed by atoms with van der Waals surface area (Å²) in [5.74, 6) is -0.0113. The van der Waals surface area contributed by atoms with E-state index in [2.05, 4.69) is 51.0 Å². The summed E-state index contributed by atoms with van der Waals surface area (Å²) in [7, 11) is 0. The highest BCUT2D eigenvalue weighted by molar-refractivity contribution is 9.10. The fourth-order valence-electron chi connectivity index (χ4n) is 1.91. The van der Waals surface area contributed by atoms with Crippen LogP contribution >= 0.6 is 31.9 Å². The van der Waals surface area contributed by atoms with Gasteiger partial charge in [-0.1, -0.05) is 41.4 Å². The summed E-state index contributed by atoms with van der Waals surface area (Å²) in [6.45, 7) is 7.02. The lowest BCUT2D eigenvalue weighted by atomic mass is 9.84. The number of hydrogen-bond donors (Lipinski definition) is 1. The first kappa shape index (κ1) is 16.7. The van der Waals surface area contributed by atoms with Crippen molar-refractivity contribution in [1.82, 2.24) is 5.32 Å². The van der Waals surface area contributed by atoms with Crippen molar-refractivity contribution in [2.75, 3.05) is 11.9 Å². The van der Waals surface area contributed by atoms with Gasteiger partial charge in [-0.05, 0) is 53.2 Å². The lowest BCUT2D eigenvalue weighted by Crippen LogP contribution is -2.38. The molecular weight excluding hydrogens is 370 g/mol. The van der Waals surface area contributed by atoms with E-state index in [1.807, 2.05) is 25.1 Å². The summed E-state index contributed by atoms with van der Waals surface area (Å²) in [5, 5.41) is 3.97. The summed E-state index contributed by atoms with van der Waals surface area (Å²) in [4.78, 5) is 12.3. The number of aryl methyl sites for hydroxylation is 1. The molecule has 4 heteroatoms. The van der Waals surface area contributed by atoms with E-state index >= 15 is 0 Å². The minimum absolute atomic E-state index is 0.0113. The molecular formula is C15H21Br2NO. The Hall–Kier alpha value is -0.350. The lowest BCUT2D eigenvalue weighted by molar-refractivity contribution is 0.0931. The van der Waals surface area contributed by atoms with Crippen LogP contribution in [0.1, 0.15) is 42.6 Å². The summed E-state index contributed by atoms with van der Waals surface area (Å²) < 4.78 is 0.841. The van der Waals surface area contributed by atoms with E-state index in [0.29, 0.717) is 12.1 Å². The molecule has 0 heterocycles. The Morgan fingerprint density at radius 2 is 1.95 bits per heavy atom. The number of halogens is 2. The zero-order valence-electron chi connectivity index (χ0n) is 11.7. The maximum atomic E-state index is 12.3. The van der Waals surface area contributed by atoms with Crippen molar-refractivity contribution in [2.24, 2.45) is 5.41 Å². The zero-order chi connectivity index (χ0) is 14.5. The molecule has 0 aliphatic heterocycles. The third-order valence-corrected chi connectivity index (χ3v) is 5.65. The van der Waals surface area contributed by atoms with E-state index in [0.717, 1.165) is 28.2 Å². The van der Waals surface area contributed by atoms with Crippen LogP contribution in [0.4, 0.5) is 0 Å². The van der Waals surface area contributed by atoms with Gasteiger partial charge in [0.05, 0.1) is 5.56 Å². The Labute approximate surface area is 132 Å². The molecule has 0 aromatic heterocycles. The van der Waals surface area contributed by atoms with Gasteiger partial charge in [0.25, 0.3) is 5.91 Å². The maximum Gasteiger partial charge on any atom is 0.252 e. The van der Waals surface area contributed by atoms with Crippen molar-refractivity contribution in [3.05, 3.63) is 33.8 Å². The topological polar surface area (TPSA) is 29.1 Å². The molecule has 0 bridgehead atoms. The fourth-order valence-corrected chi connectivity index (χ4v) is 3.33. The molecule has 0 aliphatic carbocycles. The highest BCUT2D eigenvalue weighted by atomic mass is 79.9. The van der Waals surface area contributed by atoms with Crippen LogP contribution in [-0.2, 0) is 0 Å². The molecule has 0 radical (unpaired) electrons. The Kier molecular flexibility index (Phi) is 6.54. The molecule has 0 saturated heterocycles. The van der Waals surface area contributed by atoms with E-state index in [1.54, 1.807) is 0 Å². The first-order valence-electron chi connectivity index (χ1n) is 6.58. The van der Waals surface area contributed by atoms with Crippen LogP contribution in [0.15, 0.2) is 22.7 Å². The molecule has 0 saturated carbocycles. The van der Waals surface area contributed by atoms with Crippen LogP contribution in [0.2, 0.25) is 0 Å². The number of rotatable bonds is 6. The number of benzene rings is 1. The molecule has 0 atom stereocenters. The van der Waals surface area contributed by atoms with E-state index in [9.17, 15) is 4.79 Å². The maximum absolute atomic E-state index is 12.3. The molecule has 0 aliphatic rings. The fraction of sp³-hybridized carbons (Fsp3) is 0.533.